The number of carbonyl (C=O) groups is 2. The van der Waals surface area contributed by atoms with Crippen molar-refractivity contribution in [3.05, 3.63) is 34.4 Å². The zero-order chi connectivity index (χ0) is 14.3. The number of nitrogens with one attached hydrogen (secondary N) is 1. The Morgan fingerprint density at radius 1 is 1.30 bits per heavy atom. The third kappa shape index (κ3) is 1.94. The second kappa shape index (κ2) is 4.48. The van der Waals surface area contributed by atoms with Gasteiger partial charge >= 0.3 is 0 Å². The van der Waals surface area contributed by atoms with Gasteiger partial charge in [-0.05, 0) is 24.6 Å². The van der Waals surface area contributed by atoms with E-state index in [1.165, 1.54) is 12.1 Å². The van der Waals surface area contributed by atoms with Crippen molar-refractivity contribution in [3.8, 4) is 0 Å². The van der Waals surface area contributed by atoms with Crippen LogP contribution >= 0.6 is 0 Å². The highest BCUT2D eigenvalue weighted by Crippen LogP contribution is 2.16. The fourth-order valence-electron chi connectivity index (χ4n) is 2.15. The van der Waals surface area contributed by atoms with Crippen LogP contribution in [0, 0.1) is 5.82 Å². The smallest absolute Gasteiger partial charge is 0.278 e. The predicted octanol–water partition coefficient (Wildman–Crippen LogP) is -0.0917. The standard InChI is InChI=1S/C12H9FN4O3/c13-6-1-2-8-7(5-6)12(20)17(16-15-8)9-3-4-10(18)14-11(9)19/h1-2,5,9H,3-4H2,(H,14,18,19). The number of carbonyl (C=O) groups excluding carboxylic acids is 2. The number of rotatable bonds is 1. The van der Waals surface area contributed by atoms with Crippen LogP contribution in [0.2, 0.25) is 0 Å². The summed E-state index contributed by atoms with van der Waals surface area (Å²) < 4.78 is 14.1. The highest BCUT2D eigenvalue weighted by molar-refractivity contribution is 5.99. The molecule has 2 amide bonds. The monoisotopic (exact) mass is 276 g/mol. The van der Waals surface area contributed by atoms with E-state index in [0.717, 1.165) is 10.7 Å². The van der Waals surface area contributed by atoms with Gasteiger partial charge in [0.2, 0.25) is 5.91 Å². The minimum Gasteiger partial charge on any atom is -0.295 e. The Hall–Kier alpha value is -2.64. The van der Waals surface area contributed by atoms with Gasteiger partial charge < -0.3 is 0 Å². The molecule has 102 valence electrons. The molecule has 1 N–H and O–H groups in total. The van der Waals surface area contributed by atoms with Gasteiger partial charge in [-0.1, -0.05) is 5.21 Å². The molecule has 2 aromatic rings. The first-order valence-electron chi connectivity index (χ1n) is 5.95. The van der Waals surface area contributed by atoms with E-state index in [0.29, 0.717) is 0 Å². The van der Waals surface area contributed by atoms with Crippen LogP contribution in [0.3, 0.4) is 0 Å². The van der Waals surface area contributed by atoms with E-state index in [4.69, 9.17) is 0 Å². The molecule has 8 heteroatoms. The number of fused-ring (bicyclic) bond motifs is 1. The van der Waals surface area contributed by atoms with E-state index in [1.54, 1.807) is 0 Å². The number of hydrogen-bond donors (Lipinski definition) is 1. The minimum absolute atomic E-state index is 0.0460. The molecule has 0 bridgehead atoms. The number of halogens is 1. The highest BCUT2D eigenvalue weighted by atomic mass is 19.1. The molecule has 0 radical (unpaired) electrons. The Kier molecular flexibility index (Phi) is 2.78. The summed E-state index contributed by atoms with van der Waals surface area (Å²) in [6.45, 7) is 0. The summed E-state index contributed by atoms with van der Waals surface area (Å²) in [6.07, 6.45) is 0.284. The third-order valence-corrected chi connectivity index (χ3v) is 3.15. The van der Waals surface area contributed by atoms with E-state index in [2.05, 4.69) is 15.6 Å². The summed E-state index contributed by atoms with van der Waals surface area (Å²) in [7, 11) is 0. The molecule has 0 aliphatic carbocycles. The minimum atomic E-state index is -0.902. The molecular formula is C12H9FN4O3. The van der Waals surface area contributed by atoms with Crippen LogP contribution in [0.25, 0.3) is 10.9 Å². The molecule has 1 aromatic carbocycles. The third-order valence-electron chi connectivity index (χ3n) is 3.15. The Morgan fingerprint density at radius 2 is 2.10 bits per heavy atom. The van der Waals surface area contributed by atoms with Crippen molar-refractivity contribution in [1.82, 2.24) is 20.3 Å². The first kappa shape index (κ1) is 12.4. The van der Waals surface area contributed by atoms with Gasteiger partial charge in [-0.25, -0.2) is 4.39 Å². The summed E-state index contributed by atoms with van der Waals surface area (Å²) >= 11 is 0. The maximum Gasteiger partial charge on any atom is 0.278 e. The summed E-state index contributed by atoms with van der Waals surface area (Å²) in [5.41, 5.74) is -0.357. The lowest BCUT2D eigenvalue weighted by Gasteiger charge is -2.21. The van der Waals surface area contributed by atoms with E-state index in [-0.39, 0.29) is 29.7 Å². The van der Waals surface area contributed by atoms with Crippen molar-refractivity contribution in [3.63, 3.8) is 0 Å². The van der Waals surface area contributed by atoms with Crippen molar-refractivity contribution < 1.29 is 14.0 Å². The first-order chi connectivity index (χ1) is 9.56. The van der Waals surface area contributed by atoms with Crippen molar-refractivity contribution in [2.45, 2.75) is 18.9 Å². The summed E-state index contributed by atoms with van der Waals surface area (Å²) in [6, 6.07) is 2.66. The molecule has 1 atom stereocenters. The Morgan fingerprint density at radius 3 is 2.85 bits per heavy atom. The molecule has 1 fully saturated rings. The molecule has 3 rings (SSSR count). The van der Waals surface area contributed by atoms with Crippen LogP contribution in [0.4, 0.5) is 4.39 Å². The SMILES string of the molecule is O=C1CCC(n2nnc3ccc(F)cc3c2=O)C(=O)N1. The van der Waals surface area contributed by atoms with Gasteiger partial charge in [-0.15, -0.1) is 5.10 Å². The van der Waals surface area contributed by atoms with E-state index in [9.17, 15) is 18.8 Å². The van der Waals surface area contributed by atoms with E-state index in [1.807, 2.05) is 0 Å². The van der Waals surface area contributed by atoms with Crippen LogP contribution in [-0.2, 0) is 9.59 Å². The Bertz CT molecular complexity index is 786. The van der Waals surface area contributed by atoms with Crippen LogP contribution in [-0.4, -0.2) is 26.8 Å². The number of amides is 2. The fourth-order valence-corrected chi connectivity index (χ4v) is 2.15. The number of nitrogens with zero attached hydrogens (tertiary/aromatic N) is 3. The topological polar surface area (TPSA) is 93.9 Å². The Labute approximate surface area is 111 Å². The molecule has 1 unspecified atom stereocenters. The lowest BCUT2D eigenvalue weighted by molar-refractivity contribution is -0.136. The lowest BCUT2D eigenvalue weighted by Crippen LogP contribution is -2.45. The number of aromatic nitrogens is 3. The van der Waals surface area contributed by atoms with Crippen LogP contribution in [0.15, 0.2) is 23.0 Å². The molecule has 0 saturated carbocycles. The van der Waals surface area contributed by atoms with Crippen molar-refractivity contribution in [1.29, 1.82) is 0 Å². The molecule has 1 aliphatic heterocycles. The number of hydrogen-bond acceptors (Lipinski definition) is 5. The van der Waals surface area contributed by atoms with Crippen molar-refractivity contribution in [2.24, 2.45) is 0 Å². The van der Waals surface area contributed by atoms with Crippen LogP contribution in [0.5, 0.6) is 0 Å². The first-order valence-corrected chi connectivity index (χ1v) is 5.95. The average Bonchev–Trinajstić information content (AvgIpc) is 2.41. The fraction of sp³-hybridized carbons (Fsp3) is 0.250. The Balaban J connectivity index is 2.13. The molecule has 7 nitrogen and oxygen atoms in total. The molecule has 1 aliphatic rings. The van der Waals surface area contributed by atoms with Crippen LogP contribution in [0.1, 0.15) is 18.9 Å². The quantitative estimate of drug-likeness (QED) is 0.734. The normalized spacial score (nSPS) is 19.1. The zero-order valence-corrected chi connectivity index (χ0v) is 10.2. The van der Waals surface area contributed by atoms with Gasteiger partial charge in [0.1, 0.15) is 17.4 Å². The summed E-state index contributed by atoms with van der Waals surface area (Å²) in [5, 5.41) is 9.67. The average molecular weight is 276 g/mol. The second-order valence-electron chi connectivity index (χ2n) is 4.47. The molecule has 2 heterocycles. The molecular weight excluding hydrogens is 267 g/mol. The zero-order valence-electron chi connectivity index (χ0n) is 10.2. The van der Waals surface area contributed by atoms with Gasteiger partial charge in [0.15, 0.2) is 0 Å². The van der Waals surface area contributed by atoms with Gasteiger partial charge in [0.05, 0.1) is 5.39 Å². The second-order valence-corrected chi connectivity index (χ2v) is 4.47. The molecule has 20 heavy (non-hydrogen) atoms. The molecule has 1 saturated heterocycles. The molecule has 1 aromatic heterocycles. The van der Waals surface area contributed by atoms with Gasteiger partial charge in [-0.3, -0.25) is 19.7 Å². The van der Waals surface area contributed by atoms with E-state index < -0.39 is 23.3 Å². The van der Waals surface area contributed by atoms with Gasteiger partial charge in [0, 0.05) is 6.42 Å². The van der Waals surface area contributed by atoms with Crippen molar-refractivity contribution in [2.75, 3.05) is 0 Å². The van der Waals surface area contributed by atoms with E-state index >= 15 is 0 Å². The maximum atomic E-state index is 13.2. The van der Waals surface area contributed by atoms with Gasteiger partial charge in [-0.2, -0.15) is 4.68 Å². The number of piperidine rings is 1. The summed E-state index contributed by atoms with van der Waals surface area (Å²) in [5.74, 6) is -1.56. The number of imide groups is 1. The van der Waals surface area contributed by atoms with Gasteiger partial charge in [0.25, 0.3) is 11.5 Å². The largest absolute Gasteiger partial charge is 0.295 e. The lowest BCUT2D eigenvalue weighted by atomic mass is 10.1. The summed E-state index contributed by atoms with van der Waals surface area (Å²) in [4.78, 5) is 35.1. The van der Waals surface area contributed by atoms with Crippen molar-refractivity contribution >= 4 is 22.7 Å². The maximum absolute atomic E-state index is 13.2. The highest BCUT2D eigenvalue weighted by Gasteiger charge is 2.30. The molecule has 0 spiro atoms. The number of benzene rings is 1. The predicted molar refractivity (Wildman–Crippen MR) is 65.2 cm³/mol. The van der Waals surface area contributed by atoms with Crippen LogP contribution < -0.4 is 10.9 Å².